The van der Waals surface area contributed by atoms with E-state index in [1.165, 1.54) is 8.87 Å². The van der Waals surface area contributed by atoms with Gasteiger partial charge in [0.25, 0.3) is 5.56 Å². The number of aromatic nitrogens is 2. The molecule has 0 atom stereocenters. The average Bonchev–Trinajstić information content (AvgIpc) is 2.58. The zero-order chi connectivity index (χ0) is 17.5. The summed E-state index contributed by atoms with van der Waals surface area (Å²) in [5.74, 6) is 0.480. The summed E-state index contributed by atoms with van der Waals surface area (Å²) in [6.07, 6.45) is 0.422. The van der Waals surface area contributed by atoms with Gasteiger partial charge in [0.1, 0.15) is 0 Å². The lowest BCUT2D eigenvalue weighted by molar-refractivity contribution is 0.383. The van der Waals surface area contributed by atoms with Crippen LogP contribution in [0.25, 0.3) is 0 Å². The van der Waals surface area contributed by atoms with E-state index in [9.17, 15) is 13.2 Å². The third kappa shape index (κ3) is 2.71. The van der Waals surface area contributed by atoms with Crippen molar-refractivity contribution in [3.8, 4) is 0 Å². The molecule has 0 unspecified atom stereocenters. The summed E-state index contributed by atoms with van der Waals surface area (Å²) in [5, 5.41) is 2.88. The number of benzene rings is 1. The molecular weight excluding hydrogens is 328 g/mol. The molecule has 0 bridgehead atoms. The first-order chi connectivity index (χ1) is 11.3. The van der Waals surface area contributed by atoms with E-state index in [1.54, 1.807) is 38.4 Å². The van der Waals surface area contributed by atoms with Crippen molar-refractivity contribution in [2.24, 2.45) is 7.05 Å². The van der Waals surface area contributed by atoms with Crippen LogP contribution in [0.1, 0.15) is 16.8 Å². The molecule has 1 aliphatic rings. The molecule has 0 saturated carbocycles. The molecule has 128 valence electrons. The molecular formula is C16H20N4O3S. The second-order valence-corrected chi connectivity index (χ2v) is 7.81. The number of nitrogens with zero attached hydrogens (tertiary/aromatic N) is 3. The number of hydrogen-bond donors (Lipinski definition) is 1. The number of sulfonamides is 1. The van der Waals surface area contributed by atoms with Crippen molar-refractivity contribution in [1.82, 2.24) is 13.9 Å². The third-order valence-corrected chi connectivity index (χ3v) is 6.14. The lowest BCUT2D eigenvalue weighted by Crippen LogP contribution is -2.41. The van der Waals surface area contributed by atoms with Gasteiger partial charge in [-0.25, -0.2) is 13.4 Å². The molecule has 2 heterocycles. The van der Waals surface area contributed by atoms with E-state index in [4.69, 9.17) is 0 Å². The summed E-state index contributed by atoms with van der Waals surface area (Å²) in [6.45, 7) is 2.27. The molecule has 0 radical (unpaired) electrons. The van der Waals surface area contributed by atoms with Crippen LogP contribution in [-0.2, 0) is 30.0 Å². The third-order valence-electron chi connectivity index (χ3n) is 4.28. The fraction of sp³-hybridized carbons (Fsp3) is 0.375. The van der Waals surface area contributed by atoms with E-state index in [1.807, 2.05) is 6.92 Å². The number of nitrogens with one attached hydrogen (secondary N) is 1. The second-order valence-electron chi connectivity index (χ2n) is 5.88. The van der Waals surface area contributed by atoms with E-state index >= 15 is 0 Å². The van der Waals surface area contributed by atoms with E-state index in [0.29, 0.717) is 30.2 Å². The number of hydrogen-bond acceptors (Lipinski definition) is 5. The number of rotatable bonds is 3. The minimum absolute atomic E-state index is 0.0508. The fourth-order valence-corrected chi connectivity index (χ4v) is 4.24. The zero-order valence-corrected chi connectivity index (χ0v) is 14.7. The number of fused-ring (bicyclic) bond motifs is 1. The normalized spacial score (nSPS) is 15.1. The Kier molecular flexibility index (Phi) is 4.18. The van der Waals surface area contributed by atoms with Crippen LogP contribution in [-0.4, -0.2) is 35.9 Å². The molecule has 0 amide bonds. The molecule has 3 rings (SSSR count). The molecule has 1 aliphatic heterocycles. The lowest BCUT2D eigenvalue weighted by Gasteiger charge is -2.27. The Morgan fingerprint density at radius 3 is 2.50 bits per heavy atom. The summed E-state index contributed by atoms with van der Waals surface area (Å²) in [5.41, 5.74) is 1.89. The number of aryl methyl sites for hydroxylation is 1. The molecule has 2 aromatic rings. The molecule has 1 aromatic carbocycles. The maximum atomic E-state index is 12.8. The Bertz CT molecular complexity index is 933. The van der Waals surface area contributed by atoms with E-state index in [-0.39, 0.29) is 17.0 Å². The van der Waals surface area contributed by atoms with Crippen molar-refractivity contribution in [2.75, 3.05) is 18.9 Å². The van der Waals surface area contributed by atoms with Gasteiger partial charge in [0, 0.05) is 33.6 Å². The SMILES string of the molecule is CNc1nc2c(c(=O)n1C)CN(S(=O)(=O)c1ccc(C)cc1)CC2. The van der Waals surface area contributed by atoms with Gasteiger partial charge < -0.3 is 5.32 Å². The van der Waals surface area contributed by atoms with Crippen molar-refractivity contribution in [3.63, 3.8) is 0 Å². The van der Waals surface area contributed by atoms with Gasteiger partial charge >= 0.3 is 0 Å². The molecule has 0 fully saturated rings. The summed E-state index contributed by atoms with van der Waals surface area (Å²) in [6, 6.07) is 6.73. The second kappa shape index (κ2) is 6.03. The minimum Gasteiger partial charge on any atom is -0.359 e. The van der Waals surface area contributed by atoms with Crippen molar-refractivity contribution in [3.05, 3.63) is 51.4 Å². The minimum atomic E-state index is -3.63. The van der Waals surface area contributed by atoms with E-state index < -0.39 is 10.0 Å². The van der Waals surface area contributed by atoms with Gasteiger partial charge in [-0.05, 0) is 19.1 Å². The van der Waals surface area contributed by atoms with Crippen LogP contribution in [0.5, 0.6) is 0 Å². The highest BCUT2D eigenvalue weighted by atomic mass is 32.2. The average molecular weight is 348 g/mol. The van der Waals surface area contributed by atoms with Gasteiger partial charge in [0.05, 0.1) is 16.2 Å². The van der Waals surface area contributed by atoms with Gasteiger partial charge in [-0.3, -0.25) is 9.36 Å². The van der Waals surface area contributed by atoms with E-state index in [0.717, 1.165) is 5.56 Å². The molecule has 0 aliphatic carbocycles. The summed E-state index contributed by atoms with van der Waals surface area (Å²) in [7, 11) is -0.306. The van der Waals surface area contributed by atoms with Gasteiger partial charge in [-0.1, -0.05) is 17.7 Å². The molecule has 8 heteroatoms. The molecule has 7 nitrogen and oxygen atoms in total. The smallest absolute Gasteiger partial charge is 0.259 e. The van der Waals surface area contributed by atoms with Crippen LogP contribution in [0.3, 0.4) is 0 Å². The van der Waals surface area contributed by atoms with Crippen LogP contribution in [0.15, 0.2) is 34.0 Å². The Morgan fingerprint density at radius 1 is 1.21 bits per heavy atom. The quantitative estimate of drug-likeness (QED) is 0.890. The summed E-state index contributed by atoms with van der Waals surface area (Å²) >= 11 is 0. The van der Waals surface area contributed by atoms with E-state index in [2.05, 4.69) is 10.3 Å². The topological polar surface area (TPSA) is 84.3 Å². The zero-order valence-electron chi connectivity index (χ0n) is 13.9. The Morgan fingerprint density at radius 2 is 1.88 bits per heavy atom. The van der Waals surface area contributed by atoms with Crippen LogP contribution < -0.4 is 10.9 Å². The molecule has 1 N–H and O–H groups in total. The van der Waals surface area contributed by atoms with Gasteiger partial charge in [0.2, 0.25) is 16.0 Å². The predicted molar refractivity (Wildman–Crippen MR) is 91.5 cm³/mol. The monoisotopic (exact) mass is 348 g/mol. The van der Waals surface area contributed by atoms with Crippen LogP contribution in [0.4, 0.5) is 5.95 Å². The molecule has 24 heavy (non-hydrogen) atoms. The van der Waals surface area contributed by atoms with Crippen molar-refractivity contribution >= 4 is 16.0 Å². The maximum Gasteiger partial charge on any atom is 0.259 e. The Labute approximate surface area is 141 Å². The largest absolute Gasteiger partial charge is 0.359 e. The predicted octanol–water partition coefficient (Wildman–Crippen LogP) is 0.877. The molecule has 0 spiro atoms. The van der Waals surface area contributed by atoms with Crippen molar-refractivity contribution in [2.45, 2.75) is 24.8 Å². The summed E-state index contributed by atoms with van der Waals surface area (Å²) in [4.78, 5) is 17.2. The van der Waals surface area contributed by atoms with Crippen LogP contribution in [0.2, 0.25) is 0 Å². The van der Waals surface area contributed by atoms with Gasteiger partial charge in [-0.2, -0.15) is 4.31 Å². The standard InChI is InChI=1S/C16H20N4O3S/c1-11-4-6-12(7-5-11)24(22,23)20-9-8-14-13(10-20)15(21)19(3)16(17-2)18-14/h4-7H,8-10H2,1-3H3,(H,17,18). The summed E-state index contributed by atoms with van der Waals surface area (Å²) < 4.78 is 28.4. The highest BCUT2D eigenvalue weighted by Gasteiger charge is 2.31. The first kappa shape index (κ1) is 16.7. The highest BCUT2D eigenvalue weighted by Crippen LogP contribution is 2.23. The van der Waals surface area contributed by atoms with Crippen molar-refractivity contribution < 1.29 is 8.42 Å². The molecule has 1 aromatic heterocycles. The first-order valence-electron chi connectivity index (χ1n) is 7.68. The Balaban J connectivity index is 1.99. The maximum absolute atomic E-state index is 12.8. The van der Waals surface area contributed by atoms with Crippen LogP contribution >= 0.6 is 0 Å². The van der Waals surface area contributed by atoms with Crippen LogP contribution in [0, 0.1) is 6.92 Å². The lowest BCUT2D eigenvalue weighted by atomic mass is 10.1. The molecule has 0 saturated heterocycles. The fourth-order valence-electron chi connectivity index (χ4n) is 2.83. The highest BCUT2D eigenvalue weighted by molar-refractivity contribution is 7.89. The number of anilines is 1. The van der Waals surface area contributed by atoms with Crippen molar-refractivity contribution in [1.29, 1.82) is 0 Å². The first-order valence-corrected chi connectivity index (χ1v) is 9.12. The Hall–Kier alpha value is -2.19. The van der Waals surface area contributed by atoms with Gasteiger partial charge in [-0.15, -0.1) is 0 Å². The van der Waals surface area contributed by atoms with Gasteiger partial charge in [0.15, 0.2) is 0 Å².